The number of rotatable bonds is 5. The number of halogens is 2. The fourth-order valence-electron chi connectivity index (χ4n) is 2.77. The number of primary sulfonamides is 1. The molecule has 7 nitrogen and oxygen atoms in total. The van der Waals surface area contributed by atoms with Crippen molar-refractivity contribution in [1.82, 2.24) is 5.32 Å². The van der Waals surface area contributed by atoms with Crippen LogP contribution in [0.1, 0.15) is 12.0 Å². The number of nitrogens with two attached hydrogens (primary N) is 1. The maximum atomic E-state index is 12.6. The largest absolute Gasteiger partial charge is 0.301 e. The molecule has 1 atom stereocenters. The molecule has 1 aliphatic heterocycles. The number of hydrogen-bond acceptors (Lipinski definition) is 5. The lowest BCUT2D eigenvalue weighted by Gasteiger charge is -2.16. The molecule has 3 rings (SSSR count). The molecule has 3 N–H and O–H groups in total. The van der Waals surface area contributed by atoms with Crippen LogP contribution in [-0.4, -0.2) is 26.3 Å². The molecule has 2 aromatic rings. The highest BCUT2D eigenvalue weighted by atomic mass is 35.5. The predicted octanol–water partition coefficient (Wildman–Crippen LogP) is 2.06. The van der Waals surface area contributed by atoms with Gasteiger partial charge < -0.3 is 5.32 Å². The van der Waals surface area contributed by atoms with Gasteiger partial charge in [0.25, 0.3) is 5.91 Å². The number of benzene rings is 2. The number of imide groups is 1. The second-order valence-corrected chi connectivity index (χ2v) is 8.46. The van der Waals surface area contributed by atoms with Gasteiger partial charge in [0.05, 0.1) is 23.0 Å². The van der Waals surface area contributed by atoms with Crippen molar-refractivity contribution in [2.45, 2.75) is 23.9 Å². The van der Waals surface area contributed by atoms with Crippen molar-refractivity contribution < 1.29 is 18.0 Å². The van der Waals surface area contributed by atoms with Gasteiger partial charge in [0.1, 0.15) is 0 Å². The molecule has 2 aromatic carbocycles. The summed E-state index contributed by atoms with van der Waals surface area (Å²) >= 11 is 11.9. The minimum absolute atomic E-state index is 0.00176. The number of anilines is 1. The first-order valence-corrected chi connectivity index (χ1v) is 10.1. The molecule has 0 aromatic heterocycles. The van der Waals surface area contributed by atoms with Gasteiger partial charge in [-0.25, -0.2) is 18.5 Å². The number of hydrogen-bond donors (Lipinski definition) is 2. The topological polar surface area (TPSA) is 110 Å². The maximum Gasteiger partial charge on any atom is 0.251 e. The molecule has 1 heterocycles. The Bertz CT molecular complexity index is 989. The van der Waals surface area contributed by atoms with E-state index >= 15 is 0 Å². The number of amides is 2. The van der Waals surface area contributed by atoms with Gasteiger partial charge in [0.15, 0.2) is 0 Å². The van der Waals surface area contributed by atoms with Gasteiger partial charge >= 0.3 is 0 Å². The SMILES string of the molecule is NS(=O)(=O)c1ccc(CN[C@H]2CC(=O)N(c3cc(Cl)cc(Cl)c3)C2=O)cc1. The molecule has 142 valence electrons. The van der Waals surface area contributed by atoms with Crippen molar-refractivity contribution in [3.05, 3.63) is 58.1 Å². The smallest absolute Gasteiger partial charge is 0.251 e. The number of sulfonamides is 1. The Morgan fingerprint density at radius 1 is 1.07 bits per heavy atom. The second kappa shape index (κ2) is 7.57. The number of nitrogens with one attached hydrogen (secondary N) is 1. The lowest BCUT2D eigenvalue weighted by atomic mass is 10.2. The summed E-state index contributed by atoms with van der Waals surface area (Å²) in [7, 11) is -3.76. The van der Waals surface area contributed by atoms with Crippen LogP contribution in [0.4, 0.5) is 5.69 Å². The third-order valence-corrected chi connectivity index (χ3v) is 5.42. The highest BCUT2D eigenvalue weighted by Gasteiger charge is 2.39. The second-order valence-electron chi connectivity index (χ2n) is 6.02. The van der Waals surface area contributed by atoms with Crippen LogP contribution in [0.2, 0.25) is 10.0 Å². The molecule has 0 aliphatic carbocycles. The van der Waals surface area contributed by atoms with E-state index in [0.717, 1.165) is 10.5 Å². The zero-order valence-electron chi connectivity index (χ0n) is 13.9. The predicted molar refractivity (Wildman–Crippen MR) is 102 cm³/mol. The third kappa shape index (κ3) is 4.48. The summed E-state index contributed by atoms with van der Waals surface area (Å²) in [5.41, 5.74) is 1.07. The molecular weight excluding hydrogens is 413 g/mol. The highest BCUT2D eigenvalue weighted by molar-refractivity contribution is 7.89. The first-order valence-electron chi connectivity index (χ1n) is 7.83. The average molecular weight is 428 g/mol. The van der Waals surface area contributed by atoms with Crippen molar-refractivity contribution in [3.63, 3.8) is 0 Å². The van der Waals surface area contributed by atoms with E-state index in [4.69, 9.17) is 28.3 Å². The molecule has 1 aliphatic rings. The van der Waals surface area contributed by atoms with E-state index in [1.165, 1.54) is 30.3 Å². The van der Waals surface area contributed by atoms with Gasteiger partial charge in [-0.1, -0.05) is 35.3 Å². The summed E-state index contributed by atoms with van der Waals surface area (Å²) in [5, 5.41) is 8.71. The quantitative estimate of drug-likeness (QED) is 0.709. The summed E-state index contributed by atoms with van der Waals surface area (Å²) in [6.07, 6.45) is -0.00176. The van der Waals surface area contributed by atoms with Crippen molar-refractivity contribution in [2.24, 2.45) is 5.14 Å². The van der Waals surface area contributed by atoms with E-state index in [2.05, 4.69) is 5.32 Å². The Kier molecular flexibility index (Phi) is 5.55. The van der Waals surface area contributed by atoms with Crippen LogP contribution >= 0.6 is 23.2 Å². The molecule has 0 unspecified atom stereocenters. The van der Waals surface area contributed by atoms with E-state index in [1.54, 1.807) is 12.1 Å². The normalized spacial score (nSPS) is 17.6. The molecule has 0 spiro atoms. The standard InChI is InChI=1S/C17H15Cl2N3O4S/c18-11-5-12(19)7-13(6-11)22-16(23)8-15(17(22)24)21-9-10-1-3-14(4-2-10)27(20,25)26/h1-7,15,21H,8-9H2,(H2,20,25,26)/t15-/m0/s1. The molecule has 0 saturated carbocycles. The zero-order chi connectivity index (χ0) is 19.8. The molecule has 0 radical (unpaired) electrons. The van der Waals surface area contributed by atoms with Crippen LogP contribution in [0.15, 0.2) is 47.4 Å². The minimum Gasteiger partial charge on any atom is -0.301 e. The van der Waals surface area contributed by atoms with E-state index in [1.807, 2.05) is 0 Å². The lowest BCUT2D eigenvalue weighted by molar-refractivity contribution is -0.121. The molecule has 1 saturated heterocycles. The van der Waals surface area contributed by atoms with Crippen LogP contribution in [-0.2, 0) is 26.2 Å². The average Bonchev–Trinajstić information content (AvgIpc) is 2.85. The van der Waals surface area contributed by atoms with E-state index in [-0.39, 0.29) is 23.8 Å². The molecule has 0 bridgehead atoms. The first kappa shape index (κ1) is 19.8. The monoisotopic (exact) mass is 427 g/mol. The number of carbonyl (C=O) groups excluding carboxylic acids is 2. The summed E-state index contributed by atoms with van der Waals surface area (Å²) in [5.74, 6) is -0.764. The highest BCUT2D eigenvalue weighted by Crippen LogP contribution is 2.29. The molecular formula is C17H15Cl2N3O4S. The summed E-state index contributed by atoms with van der Waals surface area (Å²) < 4.78 is 22.5. The maximum absolute atomic E-state index is 12.6. The Morgan fingerprint density at radius 2 is 1.67 bits per heavy atom. The van der Waals surface area contributed by atoms with Crippen LogP contribution < -0.4 is 15.4 Å². The zero-order valence-corrected chi connectivity index (χ0v) is 16.2. The Morgan fingerprint density at radius 3 is 2.22 bits per heavy atom. The number of carbonyl (C=O) groups is 2. The van der Waals surface area contributed by atoms with Crippen molar-refractivity contribution in [1.29, 1.82) is 0 Å². The van der Waals surface area contributed by atoms with Crippen molar-refractivity contribution in [2.75, 3.05) is 4.90 Å². The van der Waals surface area contributed by atoms with Crippen LogP contribution in [0.25, 0.3) is 0 Å². The molecule has 2 amide bonds. The van der Waals surface area contributed by atoms with Crippen molar-refractivity contribution >= 4 is 50.7 Å². The van der Waals surface area contributed by atoms with Crippen LogP contribution in [0, 0.1) is 0 Å². The lowest BCUT2D eigenvalue weighted by Crippen LogP contribution is -2.38. The van der Waals surface area contributed by atoms with Gasteiger partial charge in [0.2, 0.25) is 15.9 Å². The van der Waals surface area contributed by atoms with Gasteiger partial charge in [0, 0.05) is 16.6 Å². The molecule has 10 heteroatoms. The first-order chi connectivity index (χ1) is 12.6. The minimum atomic E-state index is -3.76. The van der Waals surface area contributed by atoms with Gasteiger partial charge in [-0.3, -0.25) is 9.59 Å². The third-order valence-electron chi connectivity index (χ3n) is 4.06. The van der Waals surface area contributed by atoms with Crippen molar-refractivity contribution in [3.8, 4) is 0 Å². The van der Waals surface area contributed by atoms with E-state index in [0.29, 0.717) is 15.7 Å². The van der Waals surface area contributed by atoms with Gasteiger partial charge in [-0.2, -0.15) is 0 Å². The van der Waals surface area contributed by atoms with E-state index in [9.17, 15) is 18.0 Å². The van der Waals surface area contributed by atoms with Gasteiger partial charge in [-0.05, 0) is 35.9 Å². The summed E-state index contributed by atoms with van der Waals surface area (Å²) in [6, 6.07) is 9.74. The molecule has 1 fully saturated rings. The molecule has 27 heavy (non-hydrogen) atoms. The number of nitrogens with zero attached hydrogens (tertiary/aromatic N) is 1. The van der Waals surface area contributed by atoms with E-state index < -0.39 is 22.0 Å². The Balaban J connectivity index is 1.70. The summed E-state index contributed by atoms with van der Waals surface area (Å²) in [4.78, 5) is 25.9. The Labute approximate surface area is 166 Å². The van der Waals surface area contributed by atoms with Gasteiger partial charge in [-0.15, -0.1) is 0 Å². The fraction of sp³-hybridized carbons (Fsp3) is 0.176. The Hall–Kier alpha value is -1.97. The van der Waals surface area contributed by atoms with Crippen LogP contribution in [0.5, 0.6) is 0 Å². The fourth-order valence-corrected chi connectivity index (χ4v) is 3.80. The van der Waals surface area contributed by atoms with Crippen LogP contribution in [0.3, 0.4) is 0 Å². The summed E-state index contributed by atoms with van der Waals surface area (Å²) in [6.45, 7) is 0.277.